The van der Waals surface area contributed by atoms with E-state index < -0.39 is 8.52 Å². The van der Waals surface area contributed by atoms with E-state index in [0.717, 1.165) is 0 Å². The monoisotopic (exact) mass is 278 g/mol. The van der Waals surface area contributed by atoms with Gasteiger partial charge in [-0.25, -0.2) is 4.39 Å². The van der Waals surface area contributed by atoms with E-state index in [2.05, 4.69) is 23.2 Å². The Morgan fingerprint density at radius 1 is 1.12 bits per heavy atom. The van der Waals surface area contributed by atoms with E-state index in [1.54, 1.807) is 0 Å². The molecule has 0 unspecified atom stereocenters. The van der Waals surface area contributed by atoms with Crippen molar-refractivity contribution in [2.24, 2.45) is 0 Å². The van der Waals surface area contributed by atoms with Crippen LogP contribution in [0.25, 0.3) is 0 Å². The number of hydrogen-bond donors (Lipinski definition) is 0. The maximum atomic E-state index is 11.7. The molecule has 0 fully saturated rings. The van der Waals surface area contributed by atoms with Gasteiger partial charge in [0.25, 0.3) is 0 Å². The van der Waals surface area contributed by atoms with Crippen molar-refractivity contribution in [1.82, 2.24) is 0 Å². The van der Waals surface area contributed by atoms with Crippen LogP contribution in [0.4, 0.5) is 13.2 Å². The highest BCUT2D eigenvalue weighted by molar-refractivity contribution is 14.1. The van der Waals surface area contributed by atoms with Crippen LogP contribution >= 0.6 is 45.8 Å². The van der Waals surface area contributed by atoms with Crippen LogP contribution in [-0.4, -0.2) is 8.52 Å². The Kier molecular flexibility index (Phi) is 2.71. The number of hydrogen-bond acceptors (Lipinski definition) is 0. The number of halogens is 6. The molecule has 0 aromatic carbocycles. The van der Waals surface area contributed by atoms with Gasteiger partial charge >= 0.3 is 8.52 Å². The molecule has 0 aromatic rings. The summed E-state index contributed by atoms with van der Waals surface area (Å²) in [6, 6.07) is 0. The number of alkyl halides is 6. The maximum Gasteiger partial charge on any atom is 0.357 e. The lowest BCUT2D eigenvalue weighted by Crippen LogP contribution is -2.26. The zero-order chi connectivity index (χ0) is 7.00. The topological polar surface area (TPSA) is 0 Å². The van der Waals surface area contributed by atoms with Crippen LogP contribution in [0.5, 0.6) is 0 Å². The second kappa shape index (κ2) is 2.38. The molecule has 0 bridgehead atoms. The van der Waals surface area contributed by atoms with Crippen molar-refractivity contribution in [3.63, 3.8) is 0 Å². The summed E-state index contributed by atoms with van der Waals surface area (Å²) >= 11 is 9.21. The van der Waals surface area contributed by atoms with Crippen molar-refractivity contribution >= 4 is 45.8 Å². The zero-order valence-corrected chi connectivity index (χ0v) is 6.94. The van der Waals surface area contributed by atoms with Crippen molar-refractivity contribution in [2.45, 2.75) is 8.52 Å². The predicted molar refractivity (Wildman–Crippen MR) is 34.5 cm³/mol. The Morgan fingerprint density at radius 3 is 1.25 bits per heavy atom. The normalized spacial score (nSPS) is 14.2. The summed E-state index contributed by atoms with van der Waals surface area (Å²) in [7, 11) is 0. The minimum atomic E-state index is -3.73. The van der Waals surface area contributed by atoms with Gasteiger partial charge in [-0.1, -0.05) is 23.2 Å². The second-order valence-corrected chi connectivity index (χ2v) is 3.59. The van der Waals surface area contributed by atoms with Crippen molar-refractivity contribution < 1.29 is 13.2 Å². The van der Waals surface area contributed by atoms with Crippen LogP contribution in [-0.2, 0) is 0 Å². The molecular formula is C2Cl2F3I. The molecule has 0 aliphatic heterocycles. The molecule has 0 heterocycles. The van der Waals surface area contributed by atoms with Crippen molar-refractivity contribution in [3.8, 4) is 0 Å². The standard InChI is InChI=1S/C2Cl2F3I/c3-1(4,5)2(6,7)8. The Morgan fingerprint density at radius 2 is 1.25 bits per heavy atom. The van der Waals surface area contributed by atoms with Crippen LogP contribution in [0.3, 0.4) is 0 Å². The van der Waals surface area contributed by atoms with Gasteiger partial charge in [-0.2, -0.15) is 8.78 Å². The molecule has 0 aliphatic rings. The summed E-state index contributed by atoms with van der Waals surface area (Å²) in [4.78, 5) is 0. The molecule has 0 radical (unpaired) electrons. The molecule has 0 rings (SSSR count). The molecule has 0 amide bonds. The summed E-state index contributed by atoms with van der Waals surface area (Å²) in [6.45, 7) is 0. The van der Waals surface area contributed by atoms with E-state index in [1.165, 1.54) is 0 Å². The van der Waals surface area contributed by atoms with Gasteiger partial charge in [-0.05, 0) is 0 Å². The third-order valence-corrected chi connectivity index (χ3v) is 2.18. The van der Waals surface area contributed by atoms with E-state index in [1.807, 2.05) is 0 Å². The quantitative estimate of drug-likeness (QED) is 0.511. The van der Waals surface area contributed by atoms with Crippen LogP contribution in [0.2, 0.25) is 0 Å². The fraction of sp³-hybridized carbons (Fsp3) is 1.00. The molecule has 0 N–H and O–H groups in total. The summed E-state index contributed by atoms with van der Waals surface area (Å²) in [6.07, 6.45) is 0. The molecule has 0 saturated carbocycles. The molecule has 0 nitrogen and oxygen atoms in total. The van der Waals surface area contributed by atoms with Gasteiger partial charge in [-0.15, -0.1) is 0 Å². The first-order valence-electron chi connectivity index (χ1n) is 1.38. The molecule has 0 aliphatic carbocycles. The lowest BCUT2D eigenvalue weighted by atomic mass is 10.8. The van der Waals surface area contributed by atoms with Gasteiger partial charge in [0.1, 0.15) is 0 Å². The average molecular weight is 279 g/mol. The van der Waals surface area contributed by atoms with E-state index in [-0.39, 0.29) is 0 Å². The van der Waals surface area contributed by atoms with Crippen LogP contribution in [0.15, 0.2) is 0 Å². The van der Waals surface area contributed by atoms with Gasteiger partial charge in [0.15, 0.2) is 0 Å². The SMILES string of the molecule is FC(Cl)(Cl)C(F)(F)I. The van der Waals surface area contributed by atoms with Gasteiger partial charge in [-0.3, -0.25) is 0 Å². The number of rotatable bonds is 1. The molecule has 0 atom stereocenters. The molecule has 0 spiro atoms. The van der Waals surface area contributed by atoms with Gasteiger partial charge < -0.3 is 0 Å². The van der Waals surface area contributed by atoms with Crippen LogP contribution in [0, 0.1) is 0 Å². The summed E-state index contributed by atoms with van der Waals surface area (Å²) < 4.78 is 27.6. The van der Waals surface area contributed by atoms with Gasteiger partial charge in [0.2, 0.25) is 0 Å². The lowest BCUT2D eigenvalue weighted by molar-refractivity contribution is 0.0510. The Labute approximate surface area is 67.5 Å². The minimum absolute atomic E-state index is 0.511. The molecule has 8 heavy (non-hydrogen) atoms. The van der Waals surface area contributed by atoms with E-state index in [0.29, 0.717) is 22.6 Å². The van der Waals surface area contributed by atoms with Crippen LogP contribution in [0.1, 0.15) is 0 Å². The van der Waals surface area contributed by atoms with Crippen LogP contribution < -0.4 is 0 Å². The summed E-state index contributed by atoms with van der Waals surface area (Å²) in [5, 5.41) is 0. The third-order valence-electron chi connectivity index (χ3n) is 0.321. The molecule has 0 saturated heterocycles. The largest absolute Gasteiger partial charge is 0.357 e. The first-order valence-corrected chi connectivity index (χ1v) is 3.22. The van der Waals surface area contributed by atoms with Crippen molar-refractivity contribution in [1.29, 1.82) is 0 Å². The Hall–Kier alpha value is 1.10. The average Bonchev–Trinajstić information content (AvgIpc) is 1.25. The van der Waals surface area contributed by atoms with Gasteiger partial charge in [0, 0.05) is 22.6 Å². The van der Waals surface area contributed by atoms with Crippen molar-refractivity contribution in [2.75, 3.05) is 0 Å². The van der Waals surface area contributed by atoms with E-state index >= 15 is 0 Å². The fourth-order valence-corrected chi connectivity index (χ4v) is 0. The first-order chi connectivity index (χ1) is 3.25. The first kappa shape index (κ1) is 9.10. The molecule has 0 aromatic heterocycles. The molecule has 6 heteroatoms. The fourth-order valence-electron chi connectivity index (χ4n) is 0. The highest BCUT2D eigenvalue weighted by Gasteiger charge is 2.50. The molecular weight excluding hydrogens is 279 g/mol. The van der Waals surface area contributed by atoms with Gasteiger partial charge in [0.05, 0.1) is 0 Å². The van der Waals surface area contributed by atoms with E-state index in [4.69, 9.17) is 0 Å². The third kappa shape index (κ3) is 2.59. The summed E-state index contributed by atoms with van der Waals surface area (Å²) in [5.74, 6) is 0. The highest BCUT2D eigenvalue weighted by atomic mass is 127. The lowest BCUT2D eigenvalue weighted by Gasteiger charge is -2.14. The molecule has 50 valence electrons. The Balaban J connectivity index is 4.02. The van der Waals surface area contributed by atoms with Crippen molar-refractivity contribution in [3.05, 3.63) is 0 Å². The smallest absolute Gasteiger partial charge is 0.200 e. The van der Waals surface area contributed by atoms with E-state index in [9.17, 15) is 13.2 Å². The predicted octanol–water partition coefficient (Wildman–Crippen LogP) is 3.12. The minimum Gasteiger partial charge on any atom is -0.200 e. The highest BCUT2D eigenvalue weighted by Crippen LogP contribution is 2.44. The Bertz CT molecular complexity index is 70.3. The maximum absolute atomic E-state index is 11.7. The second-order valence-electron chi connectivity index (χ2n) is 0.996. The zero-order valence-electron chi connectivity index (χ0n) is 3.27. The summed E-state index contributed by atoms with van der Waals surface area (Å²) in [5.41, 5.74) is 0.